The summed E-state index contributed by atoms with van der Waals surface area (Å²) in [6, 6.07) is 0.643. The lowest BCUT2D eigenvalue weighted by Crippen LogP contribution is -2.52. The Bertz CT molecular complexity index is 387. The average molecular weight is 325 g/mol. The van der Waals surface area contributed by atoms with E-state index < -0.39 is 12.1 Å². The van der Waals surface area contributed by atoms with Crippen molar-refractivity contribution in [2.75, 3.05) is 26.8 Å². The summed E-state index contributed by atoms with van der Waals surface area (Å²) >= 11 is 0. The van der Waals surface area contributed by atoms with Crippen LogP contribution >= 0.6 is 0 Å². The van der Waals surface area contributed by atoms with Gasteiger partial charge in [0.1, 0.15) is 0 Å². The molecule has 0 unspecified atom stereocenters. The summed E-state index contributed by atoms with van der Waals surface area (Å²) in [5.41, 5.74) is 0. The van der Waals surface area contributed by atoms with Crippen molar-refractivity contribution in [2.24, 2.45) is 5.92 Å². The van der Waals surface area contributed by atoms with Gasteiger partial charge in [-0.1, -0.05) is 0 Å². The predicted molar refractivity (Wildman–Crippen MR) is 71.5 cm³/mol. The molecule has 3 fully saturated rings. The van der Waals surface area contributed by atoms with Crippen molar-refractivity contribution in [1.29, 1.82) is 0 Å². The Kier molecular flexibility index (Phi) is 5.68. The van der Waals surface area contributed by atoms with E-state index in [0.29, 0.717) is 18.2 Å². The number of fused-ring (bicyclic) bond motifs is 1. The summed E-state index contributed by atoms with van der Waals surface area (Å²) in [5, 5.41) is 7.12. The SMILES string of the molecule is CO[C@@H]1CC[C@H]2[C@H]1OCCN2CC1CC1.O=C(O)C(F)(F)F. The van der Waals surface area contributed by atoms with E-state index >= 15 is 0 Å². The van der Waals surface area contributed by atoms with Crippen LogP contribution in [0.3, 0.4) is 0 Å². The first-order valence-corrected chi connectivity index (χ1v) is 7.51. The van der Waals surface area contributed by atoms with E-state index in [0.717, 1.165) is 19.1 Å². The summed E-state index contributed by atoms with van der Waals surface area (Å²) in [4.78, 5) is 11.6. The maximum atomic E-state index is 10.6. The highest BCUT2D eigenvalue weighted by molar-refractivity contribution is 5.73. The number of halogens is 3. The summed E-state index contributed by atoms with van der Waals surface area (Å²) in [6.45, 7) is 3.34. The van der Waals surface area contributed by atoms with E-state index in [1.54, 1.807) is 0 Å². The molecule has 1 heterocycles. The number of hydrogen-bond donors (Lipinski definition) is 1. The van der Waals surface area contributed by atoms with Crippen LogP contribution in [-0.2, 0) is 14.3 Å². The number of alkyl halides is 3. The fraction of sp³-hybridized carbons (Fsp3) is 0.929. The van der Waals surface area contributed by atoms with Gasteiger partial charge in [-0.2, -0.15) is 13.2 Å². The zero-order chi connectivity index (χ0) is 16.3. The van der Waals surface area contributed by atoms with E-state index in [4.69, 9.17) is 19.4 Å². The molecular weight excluding hydrogens is 303 g/mol. The van der Waals surface area contributed by atoms with Crippen LogP contribution in [0.2, 0.25) is 0 Å². The van der Waals surface area contributed by atoms with E-state index in [9.17, 15) is 13.2 Å². The van der Waals surface area contributed by atoms with E-state index in [1.165, 1.54) is 32.2 Å². The molecule has 0 bridgehead atoms. The van der Waals surface area contributed by atoms with Crippen LogP contribution in [0.15, 0.2) is 0 Å². The number of carbonyl (C=O) groups is 1. The highest BCUT2D eigenvalue weighted by Gasteiger charge is 2.44. The number of nitrogens with zero attached hydrogens (tertiary/aromatic N) is 1. The number of methoxy groups -OCH3 is 1. The minimum absolute atomic E-state index is 0.344. The standard InChI is InChI=1S/C12H21NO2.C2HF3O2/c1-14-11-5-4-10-12(11)15-7-6-13(10)8-9-2-3-9;3-2(4,5)1(6)7/h9-12H,2-8H2,1H3;(H,6,7)/t10-,11+,12+;/m0./s1. The highest BCUT2D eigenvalue weighted by atomic mass is 19.4. The number of morpholine rings is 1. The maximum absolute atomic E-state index is 10.6. The minimum atomic E-state index is -5.08. The quantitative estimate of drug-likeness (QED) is 0.859. The zero-order valence-corrected chi connectivity index (χ0v) is 12.5. The molecule has 0 aromatic rings. The summed E-state index contributed by atoms with van der Waals surface area (Å²) < 4.78 is 43.1. The molecule has 3 rings (SSSR count). The van der Waals surface area contributed by atoms with Crippen LogP contribution in [0.4, 0.5) is 13.2 Å². The normalized spacial score (nSPS) is 32.1. The van der Waals surface area contributed by atoms with Crippen LogP contribution in [0.25, 0.3) is 0 Å². The van der Waals surface area contributed by atoms with Crippen LogP contribution in [0.1, 0.15) is 25.7 Å². The summed E-state index contributed by atoms with van der Waals surface area (Å²) in [7, 11) is 1.82. The topological polar surface area (TPSA) is 59.0 Å². The number of rotatable bonds is 3. The highest BCUT2D eigenvalue weighted by Crippen LogP contribution is 2.36. The molecule has 1 aliphatic heterocycles. The summed E-state index contributed by atoms with van der Waals surface area (Å²) in [6.07, 6.45) is 0.938. The molecule has 3 atom stereocenters. The van der Waals surface area contributed by atoms with Crippen molar-refractivity contribution in [3.05, 3.63) is 0 Å². The second kappa shape index (κ2) is 7.14. The monoisotopic (exact) mass is 325 g/mol. The van der Waals surface area contributed by atoms with Gasteiger partial charge in [0.15, 0.2) is 0 Å². The van der Waals surface area contributed by atoms with Crippen LogP contribution in [0.5, 0.6) is 0 Å². The Labute approximate surface area is 127 Å². The Morgan fingerprint density at radius 2 is 1.95 bits per heavy atom. The molecule has 0 aromatic carbocycles. The smallest absolute Gasteiger partial charge is 0.475 e. The molecule has 8 heteroatoms. The van der Waals surface area contributed by atoms with Crippen molar-refractivity contribution in [3.63, 3.8) is 0 Å². The molecule has 2 saturated carbocycles. The average Bonchev–Trinajstić information content (AvgIpc) is 3.16. The maximum Gasteiger partial charge on any atom is 0.490 e. The fourth-order valence-corrected chi connectivity index (χ4v) is 3.10. The van der Waals surface area contributed by atoms with Gasteiger partial charge < -0.3 is 14.6 Å². The molecule has 1 saturated heterocycles. The number of hydrogen-bond acceptors (Lipinski definition) is 4. The Hall–Kier alpha value is -0.860. The Morgan fingerprint density at radius 3 is 2.45 bits per heavy atom. The second-order valence-corrected chi connectivity index (χ2v) is 6.00. The van der Waals surface area contributed by atoms with Gasteiger partial charge in [0, 0.05) is 26.2 Å². The second-order valence-electron chi connectivity index (χ2n) is 6.00. The summed E-state index contributed by atoms with van der Waals surface area (Å²) in [5.74, 6) is -1.77. The molecule has 0 aromatic heterocycles. The zero-order valence-electron chi connectivity index (χ0n) is 12.5. The first-order chi connectivity index (χ1) is 10.3. The van der Waals surface area contributed by atoms with Crippen LogP contribution < -0.4 is 0 Å². The first-order valence-electron chi connectivity index (χ1n) is 7.51. The molecule has 0 radical (unpaired) electrons. The lowest BCUT2D eigenvalue weighted by Gasteiger charge is -2.39. The van der Waals surface area contributed by atoms with E-state index in [1.807, 2.05) is 7.11 Å². The van der Waals surface area contributed by atoms with Gasteiger partial charge in [-0.05, 0) is 31.6 Å². The molecule has 22 heavy (non-hydrogen) atoms. The van der Waals surface area contributed by atoms with Gasteiger partial charge >= 0.3 is 12.1 Å². The lowest BCUT2D eigenvalue weighted by atomic mass is 10.1. The third-order valence-electron chi connectivity index (χ3n) is 4.39. The molecule has 0 spiro atoms. The Balaban J connectivity index is 0.000000217. The number of ether oxygens (including phenoxy) is 2. The molecule has 1 N–H and O–H groups in total. The fourth-order valence-electron chi connectivity index (χ4n) is 3.10. The lowest BCUT2D eigenvalue weighted by molar-refractivity contribution is -0.192. The van der Waals surface area contributed by atoms with Crippen molar-refractivity contribution in [2.45, 2.75) is 50.1 Å². The van der Waals surface area contributed by atoms with Gasteiger partial charge in [0.25, 0.3) is 0 Å². The van der Waals surface area contributed by atoms with Crippen molar-refractivity contribution in [1.82, 2.24) is 4.90 Å². The number of carboxylic acid groups (broad SMARTS) is 1. The van der Waals surface area contributed by atoms with Gasteiger partial charge in [0.2, 0.25) is 0 Å². The minimum Gasteiger partial charge on any atom is -0.475 e. The number of carboxylic acids is 1. The largest absolute Gasteiger partial charge is 0.490 e. The molecular formula is C14H22F3NO4. The molecule has 0 amide bonds. The third-order valence-corrected chi connectivity index (χ3v) is 4.39. The van der Waals surface area contributed by atoms with E-state index in [-0.39, 0.29) is 0 Å². The van der Waals surface area contributed by atoms with Gasteiger partial charge in [-0.3, -0.25) is 4.90 Å². The predicted octanol–water partition coefficient (Wildman–Crippen LogP) is 1.91. The van der Waals surface area contributed by atoms with E-state index in [2.05, 4.69) is 4.90 Å². The molecule has 128 valence electrons. The first kappa shape index (κ1) is 17.5. The molecule has 5 nitrogen and oxygen atoms in total. The van der Waals surface area contributed by atoms with Crippen molar-refractivity contribution in [3.8, 4) is 0 Å². The van der Waals surface area contributed by atoms with Crippen molar-refractivity contribution < 1.29 is 32.5 Å². The molecule has 3 aliphatic rings. The Morgan fingerprint density at radius 1 is 1.32 bits per heavy atom. The van der Waals surface area contributed by atoms with Crippen molar-refractivity contribution >= 4 is 5.97 Å². The van der Waals surface area contributed by atoms with Gasteiger partial charge in [-0.25, -0.2) is 4.79 Å². The van der Waals surface area contributed by atoms with Crippen LogP contribution in [-0.4, -0.2) is 67.2 Å². The van der Waals surface area contributed by atoms with Gasteiger partial charge in [-0.15, -0.1) is 0 Å². The number of aliphatic carboxylic acids is 1. The van der Waals surface area contributed by atoms with Gasteiger partial charge in [0.05, 0.1) is 18.8 Å². The third kappa shape index (κ3) is 4.57. The molecule has 2 aliphatic carbocycles. The van der Waals surface area contributed by atoms with Crippen LogP contribution in [0, 0.1) is 5.92 Å².